The predicted molar refractivity (Wildman–Crippen MR) is 132 cm³/mol. The first-order chi connectivity index (χ1) is 15.5. The van der Waals surface area contributed by atoms with Crippen molar-refractivity contribution in [2.24, 2.45) is 0 Å². The van der Waals surface area contributed by atoms with Crippen molar-refractivity contribution in [1.82, 2.24) is 4.98 Å². The maximum atomic E-state index is 14.2. The van der Waals surface area contributed by atoms with Gasteiger partial charge in [0, 0.05) is 33.3 Å². The van der Waals surface area contributed by atoms with Crippen LogP contribution in [0.1, 0.15) is 63.6 Å². The van der Waals surface area contributed by atoms with E-state index < -0.39 is 0 Å². The van der Waals surface area contributed by atoms with Crippen LogP contribution in [0.25, 0.3) is 44.0 Å². The van der Waals surface area contributed by atoms with Gasteiger partial charge in [-0.3, -0.25) is 4.98 Å². The molecular formula is C29H28FNO. The van der Waals surface area contributed by atoms with Crippen molar-refractivity contribution in [2.75, 3.05) is 0 Å². The summed E-state index contributed by atoms with van der Waals surface area (Å²) in [5, 5.41) is 4.05. The molecule has 0 saturated heterocycles. The van der Waals surface area contributed by atoms with E-state index in [4.69, 9.17) is 9.40 Å². The third-order valence-corrected chi connectivity index (χ3v) is 6.64. The van der Waals surface area contributed by atoms with Gasteiger partial charge in [-0.25, -0.2) is 4.39 Å². The van der Waals surface area contributed by atoms with E-state index in [2.05, 4.69) is 52.0 Å². The van der Waals surface area contributed by atoms with E-state index in [9.17, 15) is 4.39 Å². The van der Waals surface area contributed by atoms with E-state index in [1.807, 2.05) is 24.3 Å². The van der Waals surface area contributed by atoms with Crippen LogP contribution >= 0.6 is 0 Å². The van der Waals surface area contributed by atoms with Gasteiger partial charge in [-0.2, -0.15) is 0 Å². The Balaban J connectivity index is 1.91. The molecule has 162 valence electrons. The smallest absolute Gasteiger partial charge is 0.144 e. The molecule has 0 bridgehead atoms. The number of furan rings is 1. The maximum absolute atomic E-state index is 14.2. The lowest BCUT2D eigenvalue weighted by Gasteiger charge is -2.17. The number of para-hydroxylation sites is 1. The molecule has 2 aromatic heterocycles. The number of benzene rings is 3. The highest BCUT2D eigenvalue weighted by Gasteiger charge is 2.20. The Morgan fingerprint density at radius 2 is 1.66 bits per heavy atom. The summed E-state index contributed by atoms with van der Waals surface area (Å²) in [7, 11) is 0. The molecule has 0 aliphatic heterocycles. The van der Waals surface area contributed by atoms with Crippen LogP contribution in [-0.4, -0.2) is 4.98 Å². The summed E-state index contributed by atoms with van der Waals surface area (Å²) in [4.78, 5) is 5.18. The van der Waals surface area contributed by atoms with Gasteiger partial charge in [-0.1, -0.05) is 45.9 Å². The minimum atomic E-state index is -0.227. The lowest BCUT2D eigenvalue weighted by molar-refractivity contribution is 0.623. The van der Waals surface area contributed by atoms with E-state index in [1.54, 1.807) is 6.07 Å². The van der Waals surface area contributed by atoms with Crippen molar-refractivity contribution in [2.45, 2.75) is 52.4 Å². The van der Waals surface area contributed by atoms with Gasteiger partial charge in [0.15, 0.2) is 0 Å². The van der Waals surface area contributed by atoms with Crippen LogP contribution in [-0.2, 0) is 0 Å². The van der Waals surface area contributed by atoms with Crippen LogP contribution in [0.5, 0.6) is 0 Å². The van der Waals surface area contributed by atoms with Crippen molar-refractivity contribution < 1.29 is 8.81 Å². The summed E-state index contributed by atoms with van der Waals surface area (Å²) in [5.74, 6) is 0.466. The summed E-state index contributed by atoms with van der Waals surface area (Å²) < 4.78 is 20.6. The van der Waals surface area contributed by atoms with E-state index in [-0.39, 0.29) is 5.82 Å². The zero-order chi connectivity index (χ0) is 22.4. The lowest BCUT2D eigenvalue weighted by Crippen LogP contribution is -2.02. The SMILES string of the molecule is CCC(CC)c1cc2cc(F)ccc2c(-c2cc(C(C)C)cc3c2oc2ccccc23)n1. The van der Waals surface area contributed by atoms with Crippen molar-refractivity contribution in [1.29, 1.82) is 0 Å². The second-order valence-electron chi connectivity index (χ2n) is 8.97. The minimum Gasteiger partial charge on any atom is -0.455 e. The molecule has 0 atom stereocenters. The van der Waals surface area contributed by atoms with Gasteiger partial charge < -0.3 is 4.42 Å². The summed E-state index contributed by atoms with van der Waals surface area (Å²) >= 11 is 0. The van der Waals surface area contributed by atoms with Gasteiger partial charge in [-0.05, 0) is 72.2 Å². The second-order valence-corrected chi connectivity index (χ2v) is 8.97. The zero-order valence-electron chi connectivity index (χ0n) is 19.1. The van der Waals surface area contributed by atoms with Gasteiger partial charge in [0.05, 0.1) is 5.69 Å². The number of aromatic nitrogens is 1. The Morgan fingerprint density at radius 1 is 0.875 bits per heavy atom. The predicted octanol–water partition coefficient (Wildman–Crippen LogP) is 8.97. The number of pyridine rings is 1. The van der Waals surface area contributed by atoms with Gasteiger partial charge in [0.2, 0.25) is 0 Å². The van der Waals surface area contributed by atoms with Crippen LogP contribution in [0.3, 0.4) is 0 Å². The Bertz CT molecular complexity index is 1440. The highest BCUT2D eigenvalue weighted by molar-refractivity contribution is 6.12. The van der Waals surface area contributed by atoms with E-state index in [1.165, 1.54) is 11.6 Å². The molecule has 0 radical (unpaired) electrons. The van der Waals surface area contributed by atoms with Gasteiger partial charge in [-0.15, -0.1) is 0 Å². The normalized spacial score (nSPS) is 12.1. The zero-order valence-corrected chi connectivity index (χ0v) is 19.1. The molecular weight excluding hydrogens is 397 g/mol. The van der Waals surface area contributed by atoms with E-state index in [0.29, 0.717) is 11.8 Å². The first-order valence-corrected chi connectivity index (χ1v) is 11.6. The molecule has 0 spiro atoms. The highest BCUT2D eigenvalue weighted by Crippen LogP contribution is 2.41. The first-order valence-electron chi connectivity index (χ1n) is 11.6. The van der Waals surface area contributed by atoms with Crippen LogP contribution in [0, 0.1) is 5.82 Å². The third kappa shape index (κ3) is 3.37. The summed E-state index contributed by atoms with van der Waals surface area (Å²) in [5.41, 5.74) is 5.82. The van der Waals surface area contributed by atoms with E-state index >= 15 is 0 Å². The van der Waals surface area contributed by atoms with Crippen molar-refractivity contribution in [3.63, 3.8) is 0 Å². The average Bonchev–Trinajstić information content (AvgIpc) is 3.17. The topological polar surface area (TPSA) is 26.0 Å². The van der Waals surface area contributed by atoms with Gasteiger partial charge in [0.1, 0.15) is 17.0 Å². The Morgan fingerprint density at radius 3 is 2.41 bits per heavy atom. The number of hydrogen-bond acceptors (Lipinski definition) is 2. The monoisotopic (exact) mass is 425 g/mol. The van der Waals surface area contributed by atoms with Crippen molar-refractivity contribution >= 4 is 32.7 Å². The molecule has 0 aliphatic rings. The van der Waals surface area contributed by atoms with Crippen molar-refractivity contribution in [3.05, 3.63) is 77.7 Å². The number of fused-ring (bicyclic) bond motifs is 4. The first kappa shape index (κ1) is 20.7. The molecule has 0 aliphatic carbocycles. The quantitative estimate of drug-likeness (QED) is 0.281. The highest BCUT2D eigenvalue weighted by atomic mass is 19.1. The minimum absolute atomic E-state index is 0.227. The summed E-state index contributed by atoms with van der Waals surface area (Å²) in [6, 6.07) is 19.6. The molecule has 0 unspecified atom stereocenters. The Labute approximate surface area is 188 Å². The number of rotatable bonds is 5. The van der Waals surface area contributed by atoms with Crippen LogP contribution in [0.15, 0.2) is 65.1 Å². The van der Waals surface area contributed by atoms with Crippen LogP contribution in [0.2, 0.25) is 0 Å². The van der Waals surface area contributed by atoms with Gasteiger partial charge in [0.25, 0.3) is 0 Å². The molecule has 3 aromatic carbocycles. The lowest BCUT2D eigenvalue weighted by atomic mass is 9.92. The molecule has 5 rings (SSSR count). The van der Waals surface area contributed by atoms with Crippen LogP contribution in [0.4, 0.5) is 4.39 Å². The van der Waals surface area contributed by atoms with Crippen molar-refractivity contribution in [3.8, 4) is 11.3 Å². The number of hydrogen-bond donors (Lipinski definition) is 0. The fraction of sp³-hybridized carbons (Fsp3) is 0.276. The second kappa shape index (κ2) is 8.05. The van der Waals surface area contributed by atoms with Crippen LogP contribution < -0.4 is 0 Å². The Hall–Kier alpha value is -3.20. The third-order valence-electron chi connectivity index (χ3n) is 6.64. The largest absolute Gasteiger partial charge is 0.455 e. The molecule has 0 fully saturated rings. The van der Waals surface area contributed by atoms with Gasteiger partial charge >= 0.3 is 0 Å². The molecule has 0 amide bonds. The molecule has 5 aromatic rings. The summed E-state index contributed by atoms with van der Waals surface area (Å²) in [6.45, 7) is 8.77. The fourth-order valence-electron chi connectivity index (χ4n) is 4.73. The molecule has 2 heterocycles. The molecule has 3 heteroatoms. The fourth-order valence-corrected chi connectivity index (χ4v) is 4.73. The standard InChI is InChI=1S/C29H28FNO/c1-5-18(6-2)26-16-20-13-21(30)11-12-22(20)28(31-26)25-15-19(17(3)4)14-24-23-9-7-8-10-27(23)32-29(24)25/h7-18H,5-6H2,1-4H3. The number of nitrogens with zero attached hydrogens (tertiary/aromatic N) is 1. The summed E-state index contributed by atoms with van der Waals surface area (Å²) in [6.07, 6.45) is 1.99. The molecule has 32 heavy (non-hydrogen) atoms. The average molecular weight is 426 g/mol. The van der Waals surface area contributed by atoms with E-state index in [0.717, 1.165) is 62.5 Å². The molecule has 2 nitrogen and oxygen atoms in total. The number of halogens is 1. The maximum Gasteiger partial charge on any atom is 0.144 e. The molecule has 0 saturated carbocycles. The molecule has 0 N–H and O–H groups in total. The Kier molecular flexibility index (Phi) is 5.21.